The summed E-state index contributed by atoms with van der Waals surface area (Å²) < 4.78 is 33.0. The maximum atomic E-state index is 12.7. The van der Waals surface area contributed by atoms with Crippen LogP contribution in [0.4, 0.5) is 5.69 Å². The third-order valence-electron chi connectivity index (χ3n) is 3.70. The van der Waals surface area contributed by atoms with Crippen LogP contribution in [0.15, 0.2) is 65.7 Å². The number of nitrogens with zero attached hydrogens (tertiary/aromatic N) is 1. The van der Waals surface area contributed by atoms with Gasteiger partial charge in [0.05, 0.1) is 17.7 Å². The molecule has 134 valence electrons. The predicted octanol–water partition coefficient (Wildman–Crippen LogP) is 3.60. The molecule has 0 radical (unpaired) electrons. The van der Waals surface area contributed by atoms with Gasteiger partial charge >= 0.3 is 5.97 Å². The summed E-state index contributed by atoms with van der Waals surface area (Å²) in [6, 6.07) is 14.6. The van der Waals surface area contributed by atoms with Crippen LogP contribution in [0.25, 0.3) is 10.9 Å². The van der Waals surface area contributed by atoms with Crippen LogP contribution >= 0.6 is 0 Å². The number of hydrogen-bond donors (Lipinski definition) is 1. The van der Waals surface area contributed by atoms with Crippen LogP contribution < -0.4 is 4.72 Å². The van der Waals surface area contributed by atoms with Crippen LogP contribution in [0.1, 0.15) is 23.7 Å². The fraction of sp³-hybridized carbons (Fsp3) is 0.158. The van der Waals surface area contributed by atoms with E-state index in [-0.39, 0.29) is 4.90 Å². The maximum absolute atomic E-state index is 12.7. The van der Waals surface area contributed by atoms with E-state index in [9.17, 15) is 13.2 Å². The fourth-order valence-electron chi connectivity index (χ4n) is 2.46. The summed E-state index contributed by atoms with van der Waals surface area (Å²) in [7, 11) is -3.82. The highest BCUT2D eigenvalue weighted by Gasteiger charge is 2.18. The van der Waals surface area contributed by atoms with Crippen molar-refractivity contribution < 1.29 is 17.9 Å². The average Bonchev–Trinajstić information content (AvgIpc) is 2.66. The Morgan fingerprint density at radius 2 is 1.81 bits per heavy atom. The van der Waals surface area contributed by atoms with Crippen LogP contribution in [-0.4, -0.2) is 26.0 Å². The SMILES string of the molecule is CCCOC(=O)c1ccc(NS(=O)(=O)c2cccc3cccnc23)cc1. The number of sulfonamides is 1. The smallest absolute Gasteiger partial charge is 0.338 e. The van der Waals surface area contributed by atoms with Crippen molar-refractivity contribution in [3.8, 4) is 0 Å². The van der Waals surface area contributed by atoms with Crippen LogP contribution in [0.5, 0.6) is 0 Å². The number of pyridine rings is 1. The number of aromatic nitrogens is 1. The summed E-state index contributed by atoms with van der Waals surface area (Å²) in [6.07, 6.45) is 2.29. The Morgan fingerprint density at radius 1 is 1.08 bits per heavy atom. The van der Waals surface area contributed by atoms with E-state index >= 15 is 0 Å². The number of para-hydroxylation sites is 1. The topological polar surface area (TPSA) is 85.4 Å². The number of rotatable bonds is 6. The molecule has 1 heterocycles. The summed E-state index contributed by atoms with van der Waals surface area (Å²) in [5.41, 5.74) is 1.13. The van der Waals surface area contributed by atoms with Crippen molar-refractivity contribution in [2.75, 3.05) is 11.3 Å². The second-order valence-electron chi connectivity index (χ2n) is 5.65. The lowest BCUT2D eigenvalue weighted by molar-refractivity contribution is 0.0505. The molecule has 0 bridgehead atoms. The van der Waals surface area contributed by atoms with E-state index in [2.05, 4.69) is 9.71 Å². The first-order valence-corrected chi connectivity index (χ1v) is 9.63. The van der Waals surface area contributed by atoms with Crippen molar-refractivity contribution >= 4 is 32.6 Å². The standard InChI is InChI=1S/C19H18N2O4S/c1-2-13-25-19(22)15-8-10-16(11-9-15)21-26(23,24)17-7-3-5-14-6-4-12-20-18(14)17/h3-12,21H,2,13H2,1H3. The van der Waals surface area contributed by atoms with Crippen molar-refractivity contribution in [3.05, 3.63) is 66.4 Å². The summed E-state index contributed by atoms with van der Waals surface area (Å²) in [5, 5.41) is 0.740. The predicted molar refractivity (Wildman–Crippen MR) is 99.6 cm³/mol. The van der Waals surface area contributed by atoms with E-state index in [1.807, 2.05) is 6.92 Å². The number of ether oxygens (including phenoxy) is 1. The minimum Gasteiger partial charge on any atom is -0.462 e. The summed E-state index contributed by atoms with van der Waals surface area (Å²) >= 11 is 0. The first-order valence-electron chi connectivity index (χ1n) is 8.15. The molecule has 0 aliphatic rings. The van der Waals surface area contributed by atoms with Gasteiger partial charge in [0.25, 0.3) is 10.0 Å². The maximum Gasteiger partial charge on any atom is 0.338 e. The molecule has 6 nitrogen and oxygen atoms in total. The van der Waals surface area contributed by atoms with Gasteiger partial charge in [0.2, 0.25) is 0 Å². The Morgan fingerprint density at radius 3 is 2.54 bits per heavy atom. The molecule has 0 unspecified atom stereocenters. The molecule has 0 saturated heterocycles. The zero-order chi connectivity index (χ0) is 18.6. The fourth-order valence-corrected chi connectivity index (χ4v) is 3.69. The van der Waals surface area contributed by atoms with Crippen molar-refractivity contribution in [3.63, 3.8) is 0 Å². The van der Waals surface area contributed by atoms with E-state index in [1.54, 1.807) is 30.5 Å². The Hall–Kier alpha value is -2.93. The van der Waals surface area contributed by atoms with Gasteiger partial charge in [-0.1, -0.05) is 25.1 Å². The number of nitrogens with one attached hydrogen (secondary N) is 1. The van der Waals surface area contributed by atoms with Gasteiger partial charge in [0.1, 0.15) is 4.90 Å². The molecule has 0 aliphatic carbocycles. The molecule has 0 saturated carbocycles. The van der Waals surface area contributed by atoms with Gasteiger partial charge in [0, 0.05) is 17.3 Å². The molecular formula is C19H18N2O4S. The second kappa shape index (κ2) is 7.53. The Labute approximate surface area is 151 Å². The van der Waals surface area contributed by atoms with Crippen LogP contribution in [0.2, 0.25) is 0 Å². The van der Waals surface area contributed by atoms with Gasteiger partial charge in [-0.25, -0.2) is 13.2 Å². The third kappa shape index (κ3) is 3.83. The molecule has 0 amide bonds. The third-order valence-corrected chi connectivity index (χ3v) is 5.11. The molecule has 0 fully saturated rings. The number of carbonyl (C=O) groups excluding carboxylic acids is 1. The largest absolute Gasteiger partial charge is 0.462 e. The van der Waals surface area contributed by atoms with E-state index in [4.69, 9.17) is 4.74 Å². The van der Waals surface area contributed by atoms with Gasteiger partial charge in [-0.05, 0) is 42.8 Å². The number of benzene rings is 2. The summed E-state index contributed by atoms with van der Waals surface area (Å²) in [6.45, 7) is 2.26. The normalized spacial score (nSPS) is 11.3. The molecule has 3 rings (SSSR count). The highest BCUT2D eigenvalue weighted by Crippen LogP contribution is 2.23. The van der Waals surface area contributed by atoms with E-state index in [0.717, 1.165) is 11.8 Å². The van der Waals surface area contributed by atoms with Crippen LogP contribution in [0, 0.1) is 0 Å². The Balaban J connectivity index is 1.84. The van der Waals surface area contributed by atoms with Gasteiger partial charge in [-0.3, -0.25) is 9.71 Å². The number of anilines is 1. The zero-order valence-corrected chi connectivity index (χ0v) is 15.0. The van der Waals surface area contributed by atoms with Crippen molar-refractivity contribution in [2.24, 2.45) is 0 Å². The van der Waals surface area contributed by atoms with E-state index in [0.29, 0.717) is 23.4 Å². The molecular weight excluding hydrogens is 352 g/mol. The van der Waals surface area contributed by atoms with Gasteiger partial charge in [0.15, 0.2) is 0 Å². The number of carbonyl (C=O) groups is 1. The molecule has 2 aromatic carbocycles. The highest BCUT2D eigenvalue weighted by molar-refractivity contribution is 7.93. The summed E-state index contributed by atoms with van der Waals surface area (Å²) in [5.74, 6) is -0.431. The Bertz CT molecular complexity index is 1030. The van der Waals surface area contributed by atoms with Crippen molar-refractivity contribution in [1.82, 2.24) is 4.98 Å². The molecule has 0 atom stereocenters. The zero-order valence-electron chi connectivity index (χ0n) is 14.2. The van der Waals surface area contributed by atoms with Gasteiger partial charge < -0.3 is 4.74 Å². The van der Waals surface area contributed by atoms with Gasteiger partial charge in [-0.15, -0.1) is 0 Å². The van der Waals surface area contributed by atoms with Gasteiger partial charge in [-0.2, -0.15) is 0 Å². The molecule has 1 N–H and O–H groups in total. The van der Waals surface area contributed by atoms with Crippen molar-refractivity contribution in [1.29, 1.82) is 0 Å². The number of esters is 1. The molecule has 3 aromatic rings. The first-order chi connectivity index (χ1) is 12.5. The molecule has 0 spiro atoms. The molecule has 26 heavy (non-hydrogen) atoms. The highest BCUT2D eigenvalue weighted by atomic mass is 32.2. The average molecular weight is 370 g/mol. The van der Waals surface area contributed by atoms with Crippen molar-refractivity contribution in [2.45, 2.75) is 18.2 Å². The number of fused-ring (bicyclic) bond motifs is 1. The summed E-state index contributed by atoms with van der Waals surface area (Å²) in [4.78, 5) is 16.1. The van der Waals surface area contributed by atoms with E-state index < -0.39 is 16.0 Å². The van der Waals surface area contributed by atoms with Crippen LogP contribution in [-0.2, 0) is 14.8 Å². The monoisotopic (exact) mass is 370 g/mol. The molecule has 7 heteroatoms. The lowest BCUT2D eigenvalue weighted by Crippen LogP contribution is -2.14. The quantitative estimate of drug-likeness (QED) is 0.670. The Kier molecular flexibility index (Phi) is 5.18. The molecule has 0 aliphatic heterocycles. The minimum atomic E-state index is -3.82. The second-order valence-corrected chi connectivity index (χ2v) is 7.30. The number of hydrogen-bond acceptors (Lipinski definition) is 5. The first kappa shape index (κ1) is 17.9. The lowest BCUT2D eigenvalue weighted by atomic mass is 10.2. The minimum absolute atomic E-state index is 0.0991. The molecule has 1 aromatic heterocycles. The van der Waals surface area contributed by atoms with E-state index in [1.165, 1.54) is 30.3 Å². The van der Waals surface area contributed by atoms with Crippen LogP contribution in [0.3, 0.4) is 0 Å². The lowest BCUT2D eigenvalue weighted by Gasteiger charge is -2.10.